The van der Waals surface area contributed by atoms with Crippen LogP contribution < -0.4 is 0 Å². The first-order chi connectivity index (χ1) is 14.3. The van der Waals surface area contributed by atoms with E-state index in [2.05, 4.69) is 4.74 Å². The Labute approximate surface area is 177 Å². The van der Waals surface area contributed by atoms with Gasteiger partial charge in [0, 0.05) is 11.8 Å². The first-order valence-corrected chi connectivity index (χ1v) is 12.8. The van der Waals surface area contributed by atoms with Gasteiger partial charge in [-0.1, -0.05) is 19.3 Å². The molecule has 4 aliphatic rings. The Kier molecular flexibility index (Phi) is 5.59. The monoisotopic (exact) mass is 487 g/mol. The molecule has 1 aliphatic heterocycles. The van der Waals surface area contributed by atoms with Crippen LogP contribution in [0.1, 0.15) is 38.5 Å². The van der Waals surface area contributed by atoms with Crippen LogP contribution in [0.15, 0.2) is 0 Å². The molecule has 4 rings (SSSR count). The van der Waals surface area contributed by atoms with Gasteiger partial charge in [-0.3, -0.25) is 13.8 Å². The third-order valence-corrected chi connectivity index (χ3v) is 9.39. The lowest BCUT2D eigenvalue weighted by Gasteiger charge is -2.32. The van der Waals surface area contributed by atoms with E-state index in [1.54, 1.807) is 0 Å². The van der Waals surface area contributed by atoms with Crippen LogP contribution in [0.3, 0.4) is 0 Å². The van der Waals surface area contributed by atoms with E-state index >= 15 is 0 Å². The summed E-state index contributed by atoms with van der Waals surface area (Å²) in [5.41, 5.74) is 0. The summed E-state index contributed by atoms with van der Waals surface area (Å²) in [6.45, 7) is -2.03. The maximum atomic E-state index is 13.4. The third-order valence-electron chi connectivity index (χ3n) is 6.74. The number of carbonyl (C=O) groups excluding carboxylic acids is 2. The van der Waals surface area contributed by atoms with Crippen LogP contribution in [0.25, 0.3) is 0 Å². The summed E-state index contributed by atoms with van der Waals surface area (Å²) in [4.78, 5) is 25.1. The second-order valence-electron chi connectivity index (χ2n) is 8.54. The maximum absolute atomic E-state index is 13.4. The summed E-state index contributed by atoms with van der Waals surface area (Å²) in [7, 11) is -10.3. The molecule has 0 aromatic rings. The van der Waals surface area contributed by atoms with Crippen molar-refractivity contribution < 1.29 is 53.4 Å². The Bertz CT molecular complexity index is 973. The summed E-state index contributed by atoms with van der Waals surface area (Å²) < 4.78 is 98.4. The molecule has 14 heteroatoms. The van der Waals surface area contributed by atoms with Crippen molar-refractivity contribution in [3.05, 3.63) is 0 Å². The molecule has 1 heterocycles. The predicted molar refractivity (Wildman–Crippen MR) is 94.7 cm³/mol. The van der Waals surface area contributed by atoms with Gasteiger partial charge in [-0.25, -0.2) is 8.42 Å². The fourth-order valence-electron chi connectivity index (χ4n) is 5.35. The minimum atomic E-state index is -6.08. The van der Waals surface area contributed by atoms with E-state index in [-0.39, 0.29) is 12.3 Å². The number of alkyl halides is 2. The minimum Gasteiger partial charge on any atom is -0.743 e. The van der Waals surface area contributed by atoms with Gasteiger partial charge in [0.05, 0.1) is 11.8 Å². The van der Waals surface area contributed by atoms with E-state index in [0.717, 1.165) is 19.3 Å². The topological polar surface area (TPSA) is 153 Å². The van der Waals surface area contributed by atoms with Gasteiger partial charge in [-0.15, -0.1) is 0 Å². The van der Waals surface area contributed by atoms with E-state index in [1.807, 2.05) is 0 Å². The van der Waals surface area contributed by atoms with Crippen molar-refractivity contribution in [2.75, 3.05) is 6.61 Å². The molecule has 4 fully saturated rings. The van der Waals surface area contributed by atoms with E-state index in [9.17, 15) is 39.8 Å². The van der Waals surface area contributed by atoms with Crippen molar-refractivity contribution in [2.24, 2.45) is 23.7 Å². The van der Waals surface area contributed by atoms with E-state index in [4.69, 9.17) is 8.92 Å². The molecule has 0 aromatic carbocycles. The Morgan fingerprint density at radius 2 is 1.74 bits per heavy atom. The lowest BCUT2D eigenvalue weighted by molar-refractivity contribution is -0.170. The maximum Gasteiger partial charge on any atom is 0.367 e. The largest absolute Gasteiger partial charge is 0.743 e. The Balaban J connectivity index is 1.52. The van der Waals surface area contributed by atoms with Crippen LogP contribution in [0.5, 0.6) is 0 Å². The quantitative estimate of drug-likeness (QED) is 0.294. The summed E-state index contributed by atoms with van der Waals surface area (Å²) in [5.74, 6) is -5.24. The van der Waals surface area contributed by atoms with E-state index in [0.29, 0.717) is 12.8 Å². The predicted octanol–water partition coefficient (Wildman–Crippen LogP) is 0.523. The SMILES string of the molecule is O=C(OC1C2CC3C1OS(=O)(=O)C3C2C(=O)OCC(F)(F)S(=O)(=O)[O-])C1CCCCC1. The number of halogens is 2. The molecule has 3 aliphatic carbocycles. The summed E-state index contributed by atoms with van der Waals surface area (Å²) >= 11 is 0. The molecule has 31 heavy (non-hydrogen) atoms. The number of ether oxygens (including phenoxy) is 2. The molecule has 1 saturated heterocycles. The zero-order valence-corrected chi connectivity index (χ0v) is 17.8. The average molecular weight is 487 g/mol. The van der Waals surface area contributed by atoms with Crippen LogP contribution in [0.2, 0.25) is 0 Å². The molecule has 10 nitrogen and oxygen atoms in total. The molecule has 176 valence electrons. The van der Waals surface area contributed by atoms with Crippen molar-refractivity contribution in [1.82, 2.24) is 0 Å². The average Bonchev–Trinajstić information content (AvgIpc) is 3.28. The van der Waals surface area contributed by atoms with Gasteiger partial charge in [-0.05, 0) is 19.3 Å². The Hall–Kier alpha value is -1.38. The standard InChI is InChI=1S/C17H22F2O10S2/c18-17(19,31(24,25)26)7-27-16(21)11-9-6-10-13(29-30(22,23)14(10)11)12(9)28-15(20)8-4-2-1-3-5-8/h8-14H,1-7H2,(H,24,25,26)/p-1. The normalized spacial score (nSPS) is 37.0. The lowest BCUT2D eigenvalue weighted by atomic mass is 9.84. The zero-order chi connectivity index (χ0) is 22.8. The van der Waals surface area contributed by atoms with Crippen LogP contribution in [0, 0.1) is 23.7 Å². The fourth-order valence-corrected chi connectivity index (χ4v) is 7.61. The minimum absolute atomic E-state index is 0.146. The van der Waals surface area contributed by atoms with E-state index in [1.165, 1.54) is 0 Å². The number of hydrogen-bond donors (Lipinski definition) is 0. The fraction of sp³-hybridized carbons (Fsp3) is 0.882. The van der Waals surface area contributed by atoms with Gasteiger partial charge in [0.15, 0.2) is 16.7 Å². The molecule has 0 amide bonds. The van der Waals surface area contributed by atoms with Crippen molar-refractivity contribution in [3.8, 4) is 0 Å². The van der Waals surface area contributed by atoms with Crippen molar-refractivity contribution >= 4 is 32.2 Å². The first kappa shape index (κ1) is 22.8. The second-order valence-corrected chi connectivity index (χ2v) is 11.8. The molecular formula is C17H21F2O10S2-. The number of hydrogen-bond acceptors (Lipinski definition) is 10. The number of esters is 2. The number of rotatable bonds is 6. The van der Waals surface area contributed by atoms with Crippen LogP contribution >= 0.6 is 0 Å². The highest BCUT2D eigenvalue weighted by Crippen LogP contribution is 2.59. The summed E-state index contributed by atoms with van der Waals surface area (Å²) in [6.07, 6.45) is 2.12. The molecular weight excluding hydrogens is 466 g/mol. The summed E-state index contributed by atoms with van der Waals surface area (Å²) in [5, 5.41) is -6.22. The molecule has 0 aromatic heterocycles. The highest BCUT2D eigenvalue weighted by atomic mass is 32.2. The number of carbonyl (C=O) groups is 2. The highest BCUT2D eigenvalue weighted by Gasteiger charge is 2.72. The van der Waals surface area contributed by atoms with Crippen molar-refractivity contribution in [3.63, 3.8) is 0 Å². The summed E-state index contributed by atoms with van der Waals surface area (Å²) in [6, 6.07) is 0. The van der Waals surface area contributed by atoms with Gasteiger partial charge < -0.3 is 14.0 Å². The molecule has 0 radical (unpaired) electrons. The van der Waals surface area contributed by atoms with Gasteiger partial charge in [0.25, 0.3) is 10.1 Å². The van der Waals surface area contributed by atoms with Crippen molar-refractivity contribution in [1.29, 1.82) is 0 Å². The molecule has 6 unspecified atom stereocenters. The van der Waals surface area contributed by atoms with Crippen LogP contribution in [-0.4, -0.2) is 62.6 Å². The smallest absolute Gasteiger partial charge is 0.367 e. The third kappa shape index (κ3) is 3.85. The molecule has 0 N–H and O–H groups in total. The second kappa shape index (κ2) is 7.59. The molecule has 2 bridgehead atoms. The molecule has 3 saturated carbocycles. The lowest BCUT2D eigenvalue weighted by Crippen LogP contribution is -2.47. The zero-order valence-electron chi connectivity index (χ0n) is 16.1. The van der Waals surface area contributed by atoms with E-state index < -0.39 is 79.2 Å². The van der Waals surface area contributed by atoms with Gasteiger partial charge >= 0.3 is 17.2 Å². The number of fused-ring (bicyclic) bond motifs is 1. The molecule has 0 spiro atoms. The van der Waals surface area contributed by atoms with Crippen LogP contribution in [-0.2, 0) is 43.5 Å². The highest BCUT2D eigenvalue weighted by molar-refractivity contribution is 7.87. The van der Waals surface area contributed by atoms with Crippen LogP contribution in [0.4, 0.5) is 8.78 Å². The Morgan fingerprint density at radius 1 is 1.10 bits per heavy atom. The van der Waals surface area contributed by atoms with Crippen molar-refractivity contribution in [2.45, 2.75) is 61.2 Å². The Morgan fingerprint density at radius 3 is 2.35 bits per heavy atom. The molecule has 6 atom stereocenters. The van der Waals surface area contributed by atoms with Gasteiger partial charge in [0.2, 0.25) is 0 Å². The van der Waals surface area contributed by atoms with Gasteiger partial charge in [0.1, 0.15) is 17.5 Å². The first-order valence-electron chi connectivity index (χ1n) is 9.96. The van der Waals surface area contributed by atoms with Gasteiger partial charge in [-0.2, -0.15) is 17.2 Å².